The average Bonchev–Trinajstić information content (AvgIpc) is 3.56. The molecule has 1 aliphatic heterocycles. The first-order valence-corrected chi connectivity index (χ1v) is 12.9. The molecule has 0 radical (unpaired) electrons. The number of benzene rings is 1. The molecule has 0 unspecified atom stereocenters. The minimum Gasteiger partial charge on any atom is -0.484 e. The molecule has 182 valence electrons. The summed E-state index contributed by atoms with van der Waals surface area (Å²) in [4.78, 5) is 26.4. The van der Waals surface area contributed by atoms with Crippen LogP contribution in [0.15, 0.2) is 47.3 Å². The quantitative estimate of drug-likeness (QED) is 0.322. The van der Waals surface area contributed by atoms with E-state index in [4.69, 9.17) is 16.3 Å². The Morgan fingerprint density at radius 1 is 1.26 bits per heavy atom. The van der Waals surface area contributed by atoms with E-state index in [2.05, 4.69) is 47.3 Å². The summed E-state index contributed by atoms with van der Waals surface area (Å²) in [7, 11) is 1.58. The van der Waals surface area contributed by atoms with Crippen molar-refractivity contribution in [3.05, 3.63) is 57.9 Å². The van der Waals surface area contributed by atoms with Crippen LogP contribution in [0.2, 0.25) is 5.02 Å². The van der Waals surface area contributed by atoms with E-state index in [1.165, 1.54) is 5.56 Å². The highest BCUT2D eigenvalue weighted by atomic mass is 35.5. The molecular weight excluding hydrogens is 484 g/mol. The number of fused-ring (bicyclic) bond motifs is 1. The van der Waals surface area contributed by atoms with E-state index in [1.807, 2.05) is 24.3 Å². The molecule has 3 aromatic heterocycles. The van der Waals surface area contributed by atoms with Crippen molar-refractivity contribution in [2.75, 3.05) is 32.1 Å². The van der Waals surface area contributed by atoms with Crippen LogP contribution in [0, 0.1) is 0 Å². The van der Waals surface area contributed by atoms with Gasteiger partial charge in [0.05, 0.1) is 16.9 Å². The van der Waals surface area contributed by atoms with Gasteiger partial charge < -0.3 is 20.4 Å². The van der Waals surface area contributed by atoms with Crippen molar-refractivity contribution in [2.24, 2.45) is 0 Å². The normalized spacial score (nSPS) is 14.8. The van der Waals surface area contributed by atoms with Crippen LogP contribution in [0.5, 0.6) is 5.75 Å². The first-order valence-electron chi connectivity index (χ1n) is 11.6. The number of anilines is 1. The lowest BCUT2D eigenvalue weighted by atomic mass is 10.0. The maximum atomic E-state index is 11.4. The zero-order valence-corrected chi connectivity index (χ0v) is 21.0. The Hall–Kier alpha value is -3.14. The van der Waals surface area contributed by atoms with Crippen LogP contribution >= 0.6 is 22.9 Å². The summed E-state index contributed by atoms with van der Waals surface area (Å²) >= 11 is 8.31. The number of nitrogens with one attached hydrogen (secondary N) is 3. The fraction of sp³-hybridized carbons (Fsp3) is 0.320. The van der Waals surface area contributed by atoms with E-state index in [0.717, 1.165) is 49.2 Å². The van der Waals surface area contributed by atoms with Gasteiger partial charge in [0, 0.05) is 38.3 Å². The number of H-pyrrole nitrogens is 1. The van der Waals surface area contributed by atoms with Gasteiger partial charge in [-0.15, -0.1) is 0 Å². The average molecular weight is 511 g/mol. The standard InChI is InChI=1S/C25H27ClN6O2S/c1-27-21(33)14-34-19-4-2-17(3-5-19)24-30-23-22(20(26)12-28-25(23)31-24)29-18-6-9-32(10-7-18)13-16-8-11-35-15-16/h2-5,8,11-12,15,18H,6-7,9-10,13-14H2,1H3,(H,27,33)(H2,28,29,30,31). The van der Waals surface area contributed by atoms with Gasteiger partial charge in [0.2, 0.25) is 0 Å². The van der Waals surface area contributed by atoms with Crippen molar-refractivity contribution in [1.29, 1.82) is 0 Å². The number of pyridine rings is 1. The third-order valence-electron chi connectivity index (χ3n) is 6.17. The molecule has 4 heterocycles. The van der Waals surface area contributed by atoms with Gasteiger partial charge in [0.15, 0.2) is 12.3 Å². The van der Waals surface area contributed by atoms with E-state index in [9.17, 15) is 4.79 Å². The van der Waals surface area contributed by atoms with Crippen molar-refractivity contribution < 1.29 is 9.53 Å². The van der Waals surface area contributed by atoms with Gasteiger partial charge in [0.1, 0.15) is 17.1 Å². The highest BCUT2D eigenvalue weighted by Crippen LogP contribution is 2.32. The molecule has 0 aliphatic carbocycles. The molecule has 1 aromatic carbocycles. The number of imidazole rings is 1. The van der Waals surface area contributed by atoms with Crippen molar-refractivity contribution in [3.63, 3.8) is 0 Å². The number of ether oxygens (including phenoxy) is 1. The van der Waals surface area contributed by atoms with Crippen molar-refractivity contribution in [3.8, 4) is 17.1 Å². The monoisotopic (exact) mass is 510 g/mol. The second-order valence-electron chi connectivity index (χ2n) is 8.58. The highest BCUT2D eigenvalue weighted by Gasteiger charge is 2.22. The Balaban J connectivity index is 1.27. The lowest BCUT2D eigenvalue weighted by molar-refractivity contribution is -0.122. The Morgan fingerprint density at radius 2 is 2.06 bits per heavy atom. The number of likely N-dealkylation sites (tertiary alicyclic amines) is 1. The molecule has 8 nitrogen and oxygen atoms in total. The summed E-state index contributed by atoms with van der Waals surface area (Å²) < 4.78 is 5.48. The number of likely N-dealkylation sites (N-methyl/N-ethyl adjacent to an activating group) is 1. The van der Waals surface area contributed by atoms with E-state index < -0.39 is 0 Å². The number of piperidine rings is 1. The number of thiophene rings is 1. The van der Waals surface area contributed by atoms with Crippen molar-refractivity contribution in [1.82, 2.24) is 25.2 Å². The molecule has 10 heteroatoms. The Morgan fingerprint density at radius 3 is 2.77 bits per heavy atom. The SMILES string of the molecule is CNC(=O)COc1ccc(-c2nc3ncc(Cl)c(NC4CCN(Cc5ccsc5)CC4)c3[nH]2)cc1. The molecule has 0 saturated carbocycles. The van der Waals surface area contributed by atoms with E-state index >= 15 is 0 Å². The molecule has 0 bridgehead atoms. The number of rotatable bonds is 8. The fourth-order valence-electron chi connectivity index (χ4n) is 4.22. The molecule has 0 atom stereocenters. The number of aromatic nitrogens is 3. The van der Waals surface area contributed by atoms with Crippen molar-refractivity contribution >= 4 is 45.7 Å². The van der Waals surface area contributed by atoms with E-state index in [0.29, 0.717) is 28.3 Å². The third kappa shape index (κ3) is 5.58. The second kappa shape index (κ2) is 10.6. The summed E-state index contributed by atoms with van der Waals surface area (Å²) in [5.74, 6) is 1.13. The number of nitrogens with zero attached hydrogens (tertiary/aromatic N) is 3. The number of carbonyl (C=O) groups is 1. The summed E-state index contributed by atoms with van der Waals surface area (Å²) in [5.41, 5.74) is 4.53. The first kappa shape index (κ1) is 23.6. The highest BCUT2D eigenvalue weighted by molar-refractivity contribution is 7.07. The van der Waals surface area contributed by atoms with Crippen LogP contribution in [0.25, 0.3) is 22.6 Å². The van der Waals surface area contributed by atoms with Crippen LogP contribution in [0.3, 0.4) is 0 Å². The Kier molecular flexibility index (Phi) is 7.17. The molecule has 1 saturated heterocycles. The number of halogens is 1. The molecule has 1 amide bonds. The van der Waals surface area contributed by atoms with Gasteiger partial charge in [-0.05, 0) is 59.5 Å². The molecule has 1 aliphatic rings. The van der Waals surface area contributed by atoms with Crippen LogP contribution in [-0.4, -0.2) is 58.5 Å². The lowest BCUT2D eigenvalue weighted by Gasteiger charge is -2.32. The second-order valence-corrected chi connectivity index (χ2v) is 9.76. The molecule has 4 aromatic rings. The van der Waals surface area contributed by atoms with Crippen LogP contribution in [-0.2, 0) is 11.3 Å². The predicted molar refractivity (Wildman–Crippen MR) is 140 cm³/mol. The van der Waals surface area contributed by atoms with Crippen molar-refractivity contribution in [2.45, 2.75) is 25.4 Å². The fourth-order valence-corrected chi connectivity index (χ4v) is 5.08. The Bertz CT molecular complexity index is 1280. The van der Waals surface area contributed by atoms with Crippen LogP contribution < -0.4 is 15.4 Å². The maximum Gasteiger partial charge on any atom is 0.257 e. The summed E-state index contributed by atoms with van der Waals surface area (Å²) in [6.07, 6.45) is 3.74. The molecule has 1 fully saturated rings. The van der Waals surface area contributed by atoms with Gasteiger partial charge in [0.25, 0.3) is 5.91 Å². The predicted octanol–water partition coefficient (Wildman–Crippen LogP) is 4.54. The maximum absolute atomic E-state index is 11.4. The van der Waals surface area contributed by atoms with Crippen LogP contribution in [0.1, 0.15) is 18.4 Å². The minimum absolute atomic E-state index is 0.0230. The third-order valence-corrected chi connectivity index (χ3v) is 7.19. The number of carbonyl (C=O) groups excluding carboxylic acids is 1. The molecule has 35 heavy (non-hydrogen) atoms. The largest absolute Gasteiger partial charge is 0.484 e. The zero-order chi connectivity index (χ0) is 24.2. The first-order chi connectivity index (χ1) is 17.1. The van der Waals surface area contributed by atoms with Gasteiger partial charge in [-0.1, -0.05) is 11.6 Å². The molecular formula is C25H27ClN6O2S. The smallest absolute Gasteiger partial charge is 0.257 e. The summed E-state index contributed by atoms with van der Waals surface area (Å²) in [5, 5.41) is 11.1. The number of amides is 1. The van der Waals surface area contributed by atoms with Crippen LogP contribution in [0.4, 0.5) is 5.69 Å². The van der Waals surface area contributed by atoms with Gasteiger partial charge >= 0.3 is 0 Å². The topological polar surface area (TPSA) is 95.2 Å². The van der Waals surface area contributed by atoms with Gasteiger partial charge in [-0.3, -0.25) is 9.69 Å². The van der Waals surface area contributed by atoms with E-state index in [-0.39, 0.29) is 12.5 Å². The number of aromatic amines is 1. The number of hydrogen-bond acceptors (Lipinski definition) is 7. The molecule has 3 N–H and O–H groups in total. The molecule has 5 rings (SSSR count). The zero-order valence-electron chi connectivity index (χ0n) is 19.4. The minimum atomic E-state index is -0.178. The number of hydrogen-bond donors (Lipinski definition) is 3. The van der Waals surface area contributed by atoms with Gasteiger partial charge in [-0.2, -0.15) is 11.3 Å². The lowest BCUT2D eigenvalue weighted by Crippen LogP contribution is -2.38. The summed E-state index contributed by atoms with van der Waals surface area (Å²) in [6, 6.07) is 9.96. The molecule has 0 spiro atoms. The Labute approximate surface area is 212 Å². The van der Waals surface area contributed by atoms with Gasteiger partial charge in [-0.25, -0.2) is 9.97 Å². The summed E-state index contributed by atoms with van der Waals surface area (Å²) in [6.45, 7) is 3.07. The van der Waals surface area contributed by atoms with E-state index in [1.54, 1.807) is 24.6 Å².